The average Bonchev–Trinajstić information content (AvgIpc) is 2.88. The molecule has 2 rings (SSSR count). The molecule has 2 heterocycles. The van der Waals surface area contributed by atoms with Crippen LogP contribution in [-0.4, -0.2) is 17.6 Å². The number of hydrogen-bond donors (Lipinski definition) is 0. The van der Waals surface area contributed by atoms with Crippen molar-refractivity contribution < 1.29 is 19.2 Å². The molecule has 5 nitrogen and oxygen atoms in total. The molecule has 0 fully saturated rings. The lowest BCUT2D eigenvalue weighted by Gasteiger charge is -2.31. The molecule has 0 saturated carbocycles. The number of unbranched alkanes of at least 4 members (excludes halogenated alkanes) is 1. The van der Waals surface area contributed by atoms with E-state index in [1.54, 1.807) is 19.9 Å². The van der Waals surface area contributed by atoms with Gasteiger partial charge in [0.15, 0.2) is 0 Å². The Morgan fingerprint density at radius 1 is 1.30 bits per heavy atom. The van der Waals surface area contributed by atoms with Crippen molar-refractivity contribution in [2.75, 3.05) is 6.61 Å². The first-order valence-corrected chi connectivity index (χ1v) is 7.02. The second kappa shape index (κ2) is 4.90. The zero-order valence-electron chi connectivity index (χ0n) is 12.8. The monoisotopic (exact) mass is 280 g/mol. The van der Waals surface area contributed by atoms with E-state index in [0.29, 0.717) is 12.4 Å². The maximum absolute atomic E-state index is 12.3. The summed E-state index contributed by atoms with van der Waals surface area (Å²) in [5.41, 5.74) is -0.717. The maximum atomic E-state index is 12.3. The molecule has 0 bridgehead atoms. The Morgan fingerprint density at radius 2 is 1.95 bits per heavy atom. The summed E-state index contributed by atoms with van der Waals surface area (Å²) in [6, 6.07) is 1.64. The molecule has 1 aliphatic rings. The average molecular weight is 280 g/mol. The van der Waals surface area contributed by atoms with Gasteiger partial charge in [0.2, 0.25) is 5.76 Å². The summed E-state index contributed by atoms with van der Waals surface area (Å²) in [4.78, 5) is 11.9. The molecule has 0 aromatic carbocycles. The van der Waals surface area contributed by atoms with Crippen LogP contribution in [0.2, 0.25) is 0 Å². The fraction of sp³-hybridized carbons (Fsp3) is 0.667. The number of hydroxylamine groups is 2. The quantitative estimate of drug-likeness (QED) is 0.626. The third-order valence-electron chi connectivity index (χ3n) is 3.89. The van der Waals surface area contributed by atoms with E-state index in [1.165, 1.54) is 0 Å². The van der Waals surface area contributed by atoms with Gasteiger partial charge in [-0.1, -0.05) is 13.3 Å². The van der Waals surface area contributed by atoms with Crippen molar-refractivity contribution >= 4 is 5.97 Å². The van der Waals surface area contributed by atoms with Crippen LogP contribution in [0.4, 0.5) is 0 Å². The van der Waals surface area contributed by atoms with Crippen LogP contribution in [0.3, 0.4) is 0 Å². The number of hydrogen-bond acceptors (Lipinski definition) is 4. The van der Waals surface area contributed by atoms with E-state index < -0.39 is 17.0 Å². The van der Waals surface area contributed by atoms with Gasteiger partial charge < -0.3 is 9.15 Å². The standard InChI is InChI=1S/C15H22NO4/c1-6-7-8-19-13(17)11-9-10-12(20-11)15(4,5)16(18)14(10,2)3/h9H,6-8H2,1-5H3. The second-order valence-corrected chi connectivity index (χ2v) is 6.26. The van der Waals surface area contributed by atoms with E-state index in [0.717, 1.165) is 23.5 Å². The minimum absolute atomic E-state index is 0.181. The lowest BCUT2D eigenvalue weighted by Crippen LogP contribution is -2.41. The number of fused-ring (bicyclic) bond motifs is 1. The first kappa shape index (κ1) is 15.1. The third-order valence-corrected chi connectivity index (χ3v) is 3.89. The number of rotatable bonds is 4. The van der Waals surface area contributed by atoms with Crippen molar-refractivity contribution in [1.29, 1.82) is 0 Å². The first-order valence-electron chi connectivity index (χ1n) is 7.02. The number of ether oxygens (including phenoxy) is 1. The van der Waals surface area contributed by atoms with Crippen LogP contribution >= 0.6 is 0 Å². The molecule has 0 aliphatic carbocycles. The van der Waals surface area contributed by atoms with Crippen molar-refractivity contribution in [1.82, 2.24) is 5.06 Å². The SMILES string of the molecule is CCCCOC(=O)c1cc2c(o1)C(C)(C)N([O])C2(C)C. The van der Waals surface area contributed by atoms with Gasteiger partial charge in [-0.15, -0.1) is 10.3 Å². The van der Waals surface area contributed by atoms with Crippen molar-refractivity contribution in [2.24, 2.45) is 0 Å². The van der Waals surface area contributed by atoms with Gasteiger partial charge in [-0.05, 0) is 40.2 Å². The number of furan rings is 1. The number of carbonyl (C=O) groups excluding carboxylic acids is 1. The van der Waals surface area contributed by atoms with Gasteiger partial charge >= 0.3 is 5.97 Å². The van der Waals surface area contributed by atoms with Crippen LogP contribution in [0.15, 0.2) is 10.5 Å². The number of esters is 1. The van der Waals surface area contributed by atoms with E-state index in [-0.39, 0.29) is 5.76 Å². The normalized spacial score (nSPS) is 19.9. The Kier molecular flexibility index (Phi) is 3.69. The fourth-order valence-electron chi connectivity index (χ4n) is 2.68. The van der Waals surface area contributed by atoms with Gasteiger partial charge in [-0.2, -0.15) is 0 Å². The summed E-state index contributed by atoms with van der Waals surface area (Å²) in [6.45, 7) is 9.67. The molecule has 0 atom stereocenters. The summed E-state index contributed by atoms with van der Waals surface area (Å²) in [7, 11) is 0. The van der Waals surface area contributed by atoms with Gasteiger partial charge in [0.05, 0.1) is 12.1 Å². The Hall–Kier alpha value is -1.33. The summed E-state index contributed by atoms with van der Waals surface area (Å²) < 4.78 is 10.8. The lowest BCUT2D eigenvalue weighted by molar-refractivity contribution is -0.268. The van der Waals surface area contributed by atoms with Gasteiger partial charge in [0.1, 0.15) is 11.3 Å². The van der Waals surface area contributed by atoms with E-state index in [4.69, 9.17) is 9.15 Å². The molecule has 1 radical (unpaired) electrons. The van der Waals surface area contributed by atoms with Gasteiger partial charge in [0, 0.05) is 5.56 Å². The predicted octanol–water partition coefficient (Wildman–Crippen LogP) is 3.37. The molecule has 0 N–H and O–H groups in total. The number of nitrogens with zero attached hydrogens (tertiary/aromatic N) is 1. The molecule has 0 saturated heterocycles. The van der Waals surface area contributed by atoms with E-state index in [1.807, 2.05) is 20.8 Å². The molecule has 1 aromatic rings. The summed E-state index contributed by atoms with van der Waals surface area (Å²) in [5.74, 6) is 0.275. The summed E-state index contributed by atoms with van der Waals surface area (Å²) in [6.07, 6.45) is 1.80. The van der Waals surface area contributed by atoms with Gasteiger partial charge in [-0.3, -0.25) is 0 Å². The van der Waals surface area contributed by atoms with Crippen LogP contribution in [0.5, 0.6) is 0 Å². The van der Waals surface area contributed by atoms with E-state index in [9.17, 15) is 10.0 Å². The highest BCUT2D eigenvalue weighted by molar-refractivity contribution is 5.87. The molecule has 0 unspecified atom stereocenters. The highest BCUT2D eigenvalue weighted by Gasteiger charge is 2.53. The highest BCUT2D eigenvalue weighted by Crippen LogP contribution is 2.49. The smallest absolute Gasteiger partial charge is 0.374 e. The van der Waals surface area contributed by atoms with Crippen molar-refractivity contribution in [3.63, 3.8) is 0 Å². The van der Waals surface area contributed by atoms with Crippen LogP contribution in [0.1, 0.15) is 69.3 Å². The molecule has 20 heavy (non-hydrogen) atoms. The summed E-state index contributed by atoms with van der Waals surface area (Å²) >= 11 is 0. The second-order valence-electron chi connectivity index (χ2n) is 6.26. The Labute approximate surface area is 119 Å². The largest absolute Gasteiger partial charge is 0.460 e. The first-order chi connectivity index (χ1) is 9.22. The molecule has 0 amide bonds. The lowest BCUT2D eigenvalue weighted by atomic mass is 9.97. The molecule has 5 heteroatoms. The number of carbonyl (C=O) groups is 1. The van der Waals surface area contributed by atoms with Crippen LogP contribution in [0, 0.1) is 0 Å². The predicted molar refractivity (Wildman–Crippen MR) is 72.5 cm³/mol. The highest BCUT2D eigenvalue weighted by atomic mass is 16.5. The van der Waals surface area contributed by atoms with Crippen LogP contribution in [-0.2, 0) is 21.0 Å². The molecule has 1 aromatic heterocycles. The van der Waals surface area contributed by atoms with Crippen molar-refractivity contribution in [3.05, 3.63) is 23.2 Å². The Balaban J connectivity index is 2.27. The van der Waals surface area contributed by atoms with Gasteiger partial charge in [-0.25, -0.2) is 4.79 Å². The molecule has 0 spiro atoms. The molecule has 1 aliphatic heterocycles. The summed E-state index contributed by atoms with van der Waals surface area (Å²) in [5, 5.41) is 13.3. The van der Waals surface area contributed by atoms with Crippen molar-refractivity contribution in [2.45, 2.75) is 58.5 Å². The van der Waals surface area contributed by atoms with E-state index >= 15 is 0 Å². The molecule has 111 valence electrons. The minimum atomic E-state index is -0.777. The Bertz CT molecular complexity index is 482. The minimum Gasteiger partial charge on any atom is -0.460 e. The topological polar surface area (TPSA) is 62.6 Å². The van der Waals surface area contributed by atoms with Gasteiger partial charge in [0.25, 0.3) is 0 Å². The third kappa shape index (κ3) is 2.15. The van der Waals surface area contributed by atoms with E-state index in [2.05, 4.69) is 0 Å². The zero-order chi connectivity index (χ0) is 15.1. The zero-order valence-corrected chi connectivity index (χ0v) is 12.8. The van der Waals surface area contributed by atoms with Crippen LogP contribution in [0.25, 0.3) is 0 Å². The fourth-order valence-corrected chi connectivity index (χ4v) is 2.68. The molecular formula is C15H22NO4. The molecular weight excluding hydrogens is 258 g/mol. The Morgan fingerprint density at radius 3 is 2.50 bits per heavy atom. The van der Waals surface area contributed by atoms with Crippen molar-refractivity contribution in [3.8, 4) is 0 Å². The van der Waals surface area contributed by atoms with Crippen LogP contribution < -0.4 is 0 Å². The maximum Gasteiger partial charge on any atom is 0.374 e.